The van der Waals surface area contributed by atoms with Gasteiger partial charge in [-0.3, -0.25) is 0 Å². The first kappa shape index (κ1) is 10.0. The topological polar surface area (TPSA) is 131 Å². The number of nitrogens with two attached hydrogens (primary N) is 3. The van der Waals surface area contributed by atoms with Crippen LogP contribution >= 0.6 is 0 Å². The highest BCUT2D eigenvalue weighted by atomic mass is 15.1. The van der Waals surface area contributed by atoms with Crippen LogP contribution in [-0.2, 0) is 0 Å². The van der Waals surface area contributed by atoms with Gasteiger partial charge in [-0.2, -0.15) is 4.99 Å². The van der Waals surface area contributed by atoms with E-state index in [1.165, 1.54) is 0 Å². The highest BCUT2D eigenvalue weighted by Gasteiger charge is 2.05. The number of H-pyrrole nitrogens is 1. The largest absolute Gasteiger partial charge is 0.370 e. The van der Waals surface area contributed by atoms with Crippen LogP contribution in [-0.4, -0.2) is 21.9 Å². The maximum Gasteiger partial charge on any atom is 0.219 e. The Morgan fingerprint density at radius 2 is 2.21 bits per heavy atom. The summed E-state index contributed by atoms with van der Waals surface area (Å²) in [4.78, 5) is 14.5. The van der Waals surface area contributed by atoms with Gasteiger partial charge in [0.25, 0.3) is 0 Å². The Morgan fingerprint density at radius 1 is 1.50 bits per heavy atom. The van der Waals surface area contributed by atoms with Crippen molar-refractivity contribution in [3.8, 4) is 0 Å². The number of aromatic nitrogens is 2. The minimum Gasteiger partial charge on any atom is -0.370 e. The van der Waals surface area contributed by atoms with Crippen molar-refractivity contribution < 1.29 is 0 Å². The van der Waals surface area contributed by atoms with Crippen LogP contribution in [0.4, 0.5) is 0 Å². The first-order valence-electron chi connectivity index (χ1n) is 4.01. The maximum atomic E-state index is 5.44. The second-order valence-electron chi connectivity index (χ2n) is 2.67. The molecule has 7 nitrogen and oxygen atoms in total. The minimum atomic E-state index is -0.201. The molecule has 7 heteroatoms. The second kappa shape index (κ2) is 4.26. The average Bonchev–Trinajstić information content (AvgIpc) is 2.53. The van der Waals surface area contributed by atoms with E-state index in [0.717, 1.165) is 0 Å². The summed E-state index contributed by atoms with van der Waals surface area (Å²) < 4.78 is 0. The summed E-state index contributed by atoms with van der Waals surface area (Å²) in [5.74, 6) is 0.630. The minimum absolute atomic E-state index is 0.0360. The molecule has 0 aliphatic carbocycles. The van der Waals surface area contributed by atoms with E-state index in [0.29, 0.717) is 5.82 Å². The molecule has 0 aliphatic heterocycles. The van der Waals surface area contributed by atoms with E-state index in [1.54, 1.807) is 12.4 Å². The molecule has 14 heavy (non-hydrogen) atoms. The van der Waals surface area contributed by atoms with Gasteiger partial charge in [0.05, 0.1) is 0 Å². The molecule has 1 atom stereocenters. The fraction of sp³-hybridized carbons (Fsp3) is 0.286. The third-order valence-corrected chi connectivity index (χ3v) is 1.48. The van der Waals surface area contributed by atoms with Crippen molar-refractivity contribution in [3.05, 3.63) is 18.2 Å². The number of hydrogen-bond acceptors (Lipinski definition) is 2. The first-order chi connectivity index (χ1) is 6.59. The molecule has 0 radical (unpaired) electrons. The number of guanidine groups is 2. The lowest BCUT2D eigenvalue weighted by molar-refractivity contribution is 0.755. The van der Waals surface area contributed by atoms with Crippen LogP contribution in [0.5, 0.6) is 0 Å². The van der Waals surface area contributed by atoms with Gasteiger partial charge in [0, 0.05) is 12.4 Å². The zero-order valence-corrected chi connectivity index (χ0v) is 7.81. The Bertz CT molecular complexity index is 333. The summed E-state index contributed by atoms with van der Waals surface area (Å²) in [5, 5.41) is 0. The molecule has 1 heterocycles. The van der Waals surface area contributed by atoms with Crippen LogP contribution in [0, 0.1) is 0 Å². The average molecular weight is 195 g/mol. The van der Waals surface area contributed by atoms with Gasteiger partial charge in [-0.25, -0.2) is 9.98 Å². The maximum absolute atomic E-state index is 5.44. The molecule has 0 bridgehead atoms. The van der Waals surface area contributed by atoms with Crippen LogP contribution in [0.3, 0.4) is 0 Å². The van der Waals surface area contributed by atoms with Crippen LogP contribution in [0.1, 0.15) is 18.8 Å². The second-order valence-corrected chi connectivity index (χ2v) is 2.67. The van der Waals surface area contributed by atoms with E-state index in [-0.39, 0.29) is 18.0 Å². The van der Waals surface area contributed by atoms with Crippen LogP contribution in [0.2, 0.25) is 0 Å². The highest BCUT2D eigenvalue weighted by Crippen LogP contribution is 2.10. The van der Waals surface area contributed by atoms with Crippen molar-refractivity contribution in [1.29, 1.82) is 0 Å². The summed E-state index contributed by atoms with van der Waals surface area (Å²) in [7, 11) is 0. The summed E-state index contributed by atoms with van der Waals surface area (Å²) in [6, 6.07) is -0.201. The number of rotatable bonds is 2. The van der Waals surface area contributed by atoms with Gasteiger partial charge in [0.15, 0.2) is 5.96 Å². The molecule has 0 aromatic carbocycles. The Balaban J connectivity index is 2.73. The SMILES string of the molecule is CC(N=C(N)N=C(N)N)c1ncc[nH]1. The third kappa shape index (κ3) is 2.77. The fourth-order valence-electron chi connectivity index (χ4n) is 0.927. The Kier molecular flexibility index (Phi) is 3.05. The molecule has 1 unspecified atom stereocenters. The number of hydrogen-bond donors (Lipinski definition) is 4. The first-order valence-corrected chi connectivity index (χ1v) is 4.01. The van der Waals surface area contributed by atoms with E-state index >= 15 is 0 Å². The summed E-state index contributed by atoms with van der Waals surface area (Å²) in [6.07, 6.45) is 3.34. The van der Waals surface area contributed by atoms with Crippen molar-refractivity contribution in [2.24, 2.45) is 27.2 Å². The summed E-state index contributed by atoms with van der Waals surface area (Å²) in [6.45, 7) is 1.83. The summed E-state index contributed by atoms with van der Waals surface area (Å²) >= 11 is 0. The van der Waals surface area contributed by atoms with Gasteiger partial charge in [0.2, 0.25) is 5.96 Å². The molecule has 7 N–H and O–H groups in total. The Hall–Kier alpha value is -2.05. The lowest BCUT2D eigenvalue weighted by Crippen LogP contribution is -2.26. The predicted molar refractivity (Wildman–Crippen MR) is 54.4 cm³/mol. The zero-order chi connectivity index (χ0) is 10.6. The van der Waals surface area contributed by atoms with Gasteiger partial charge >= 0.3 is 0 Å². The van der Waals surface area contributed by atoms with Crippen molar-refractivity contribution in [2.45, 2.75) is 13.0 Å². The van der Waals surface area contributed by atoms with Crippen LogP contribution in [0.15, 0.2) is 22.4 Å². The van der Waals surface area contributed by atoms with Crippen molar-refractivity contribution in [2.75, 3.05) is 0 Å². The normalized spacial score (nSPS) is 13.6. The number of nitrogens with one attached hydrogen (secondary N) is 1. The van der Waals surface area contributed by atoms with Gasteiger partial charge in [0.1, 0.15) is 11.9 Å². The lowest BCUT2D eigenvalue weighted by Gasteiger charge is -2.02. The van der Waals surface area contributed by atoms with Gasteiger partial charge in [-0.1, -0.05) is 0 Å². The molecule has 0 saturated carbocycles. The molecular weight excluding hydrogens is 182 g/mol. The van der Waals surface area contributed by atoms with E-state index in [1.807, 2.05) is 6.92 Å². The van der Waals surface area contributed by atoms with Crippen LogP contribution in [0.25, 0.3) is 0 Å². The number of aliphatic imine (C=N–C) groups is 2. The van der Waals surface area contributed by atoms with E-state index in [9.17, 15) is 0 Å². The molecule has 0 amide bonds. The van der Waals surface area contributed by atoms with E-state index < -0.39 is 0 Å². The zero-order valence-electron chi connectivity index (χ0n) is 7.81. The molecule has 0 fully saturated rings. The number of imidazole rings is 1. The Labute approximate surface area is 81.1 Å². The van der Waals surface area contributed by atoms with E-state index in [2.05, 4.69) is 20.0 Å². The van der Waals surface area contributed by atoms with Crippen molar-refractivity contribution in [1.82, 2.24) is 9.97 Å². The quantitative estimate of drug-likeness (QED) is 0.358. The predicted octanol–water partition coefficient (Wildman–Crippen LogP) is -0.941. The fourth-order valence-corrected chi connectivity index (χ4v) is 0.927. The summed E-state index contributed by atoms with van der Waals surface area (Å²) in [5.41, 5.74) is 15.7. The van der Waals surface area contributed by atoms with Gasteiger partial charge in [-0.15, -0.1) is 0 Å². The molecular formula is C7H13N7. The smallest absolute Gasteiger partial charge is 0.219 e. The molecule has 1 aromatic rings. The molecule has 76 valence electrons. The van der Waals surface area contributed by atoms with Crippen molar-refractivity contribution >= 4 is 11.9 Å². The van der Waals surface area contributed by atoms with Crippen molar-refractivity contribution in [3.63, 3.8) is 0 Å². The van der Waals surface area contributed by atoms with Crippen LogP contribution < -0.4 is 17.2 Å². The third-order valence-electron chi connectivity index (χ3n) is 1.48. The van der Waals surface area contributed by atoms with Gasteiger partial charge < -0.3 is 22.2 Å². The Morgan fingerprint density at radius 3 is 2.71 bits per heavy atom. The number of nitrogens with zero attached hydrogens (tertiary/aromatic N) is 3. The number of aromatic amines is 1. The molecule has 1 rings (SSSR count). The molecule has 0 spiro atoms. The molecule has 0 aliphatic rings. The molecule has 0 saturated heterocycles. The standard InChI is InChI=1S/C7H13N7/c1-4(5-11-2-3-12-5)13-7(10)14-6(8)9/h2-4H,1H3,(H,11,12)(H6,8,9,10,13,14). The van der Waals surface area contributed by atoms with Gasteiger partial charge in [-0.05, 0) is 6.92 Å². The van der Waals surface area contributed by atoms with E-state index in [4.69, 9.17) is 17.2 Å². The monoisotopic (exact) mass is 195 g/mol. The molecule has 1 aromatic heterocycles. The lowest BCUT2D eigenvalue weighted by atomic mass is 10.3. The highest BCUT2D eigenvalue weighted by molar-refractivity contribution is 5.92.